The summed E-state index contributed by atoms with van der Waals surface area (Å²) in [4.78, 5) is 12.3. The van der Waals surface area contributed by atoms with Crippen molar-refractivity contribution in [3.63, 3.8) is 0 Å². The fourth-order valence-electron chi connectivity index (χ4n) is 2.83. The van der Waals surface area contributed by atoms with E-state index >= 15 is 0 Å². The molecular formula is C19H23NO4. The summed E-state index contributed by atoms with van der Waals surface area (Å²) in [5.41, 5.74) is 1.03. The molecular weight excluding hydrogens is 306 g/mol. The molecule has 1 aliphatic heterocycles. The minimum atomic E-state index is -0.0649. The first-order chi connectivity index (χ1) is 11.6. The van der Waals surface area contributed by atoms with E-state index in [9.17, 15) is 4.79 Å². The Bertz CT molecular complexity index is 679. The van der Waals surface area contributed by atoms with Crippen LogP contribution < -0.4 is 14.8 Å². The van der Waals surface area contributed by atoms with Crippen molar-refractivity contribution in [3.05, 3.63) is 47.9 Å². The lowest BCUT2D eigenvalue weighted by atomic mass is 9.95. The number of carbonyl (C=O) groups is 1. The Hall–Kier alpha value is -2.43. The predicted octanol–water partition coefficient (Wildman–Crippen LogP) is 3.50. The second-order valence-electron chi connectivity index (χ2n) is 6.27. The quantitative estimate of drug-likeness (QED) is 0.881. The van der Waals surface area contributed by atoms with Crippen molar-refractivity contribution in [1.29, 1.82) is 0 Å². The van der Waals surface area contributed by atoms with Crippen LogP contribution in [0.15, 0.2) is 41.0 Å². The molecule has 0 saturated heterocycles. The summed E-state index contributed by atoms with van der Waals surface area (Å²) in [6.07, 6.45) is 2.63. The number of hydrogen-bond donors (Lipinski definition) is 1. The highest BCUT2D eigenvalue weighted by Crippen LogP contribution is 2.34. The van der Waals surface area contributed by atoms with E-state index in [1.54, 1.807) is 6.26 Å². The predicted molar refractivity (Wildman–Crippen MR) is 90.2 cm³/mol. The van der Waals surface area contributed by atoms with Gasteiger partial charge in [-0.05, 0) is 35.7 Å². The molecule has 0 fully saturated rings. The summed E-state index contributed by atoms with van der Waals surface area (Å²) >= 11 is 0. The third-order valence-corrected chi connectivity index (χ3v) is 4.09. The third-order valence-electron chi connectivity index (χ3n) is 4.09. The Morgan fingerprint density at radius 3 is 2.67 bits per heavy atom. The molecule has 1 aromatic carbocycles. The van der Waals surface area contributed by atoms with Gasteiger partial charge in [0.05, 0.1) is 12.3 Å². The van der Waals surface area contributed by atoms with Crippen LogP contribution in [0, 0.1) is 5.92 Å². The van der Waals surface area contributed by atoms with E-state index in [0.717, 1.165) is 22.8 Å². The third kappa shape index (κ3) is 3.91. The Labute approximate surface area is 141 Å². The summed E-state index contributed by atoms with van der Waals surface area (Å²) in [6.45, 7) is 5.31. The topological polar surface area (TPSA) is 60.7 Å². The highest BCUT2D eigenvalue weighted by Gasteiger charge is 2.21. The summed E-state index contributed by atoms with van der Waals surface area (Å²) in [5, 5.41) is 3.13. The standard InChI is InChI=1S/C19H23NO4/c1-13(2)19(20-18(21)8-6-15-4-3-9-22-15)14-5-7-16-17(12-14)24-11-10-23-16/h3-5,7,9,12-13,19H,6,8,10-11H2,1-2H3,(H,20,21)/t19-/m0/s1. The molecule has 0 bridgehead atoms. The average Bonchev–Trinajstić information content (AvgIpc) is 3.10. The van der Waals surface area contributed by atoms with Crippen LogP contribution in [0.2, 0.25) is 0 Å². The minimum Gasteiger partial charge on any atom is -0.486 e. The zero-order valence-corrected chi connectivity index (χ0v) is 14.1. The van der Waals surface area contributed by atoms with Gasteiger partial charge in [-0.3, -0.25) is 4.79 Å². The molecule has 24 heavy (non-hydrogen) atoms. The smallest absolute Gasteiger partial charge is 0.220 e. The second kappa shape index (κ2) is 7.43. The number of ether oxygens (including phenoxy) is 2. The molecule has 1 N–H and O–H groups in total. The largest absolute Gasteiger partial charge is 0.486 e. The summed E-state index contributed by atoms with van der Waals surface area (Å²) in [5.74, 6) is 2.61. The molecule has 0 radical (unpaired) electrons. The first kappa shape index (κ1) is 16.4. The molecule has 1 aromatic heterocycles. The highest BCUT2D eigenvalue weighted by molar-refractivity contribution is 5.76. The fraction of sp³-hybridized carbons (Fsp3) is 0.421. The molecule has 0 saturated carbocycles. The maximum atomic E-state index is 12.3. The van der Waals surface area contributed by atoms with Crippen molar-refractivity contribution in [2.45, 2.75) is 32.7 Å². The van der Waals surface area contributed by atoms with Gasteiger partial charge in [0, 0.05) is 12.8 Å². The van der Waals surface area contributed by atoms with Crippen LogP contribution in [-0.4, -0.2) is 19.1 Å². The van der Waals surface area contributed by atoms with E-state index in [1.807, 2.05) is 30.3 Å². The van der Waals surface area contributed by atoms with Gasteiger partial charge in [0.25, 0.3) is 0 Å². The molecule has 1 atom stereocenters. The number of rotatable bonds is 6. The zero-order valence-electron chi connectivity index (χ0n) is 14.1. The van der Waals surface area contributed by atoms with E-state index in [2.05, 4.69) is 19.2 Å². The van der Waals surface area contributed by atoms with Gasteiger partial charge in [-0.25, -0.2) is 0 Å². The lowest BCUT2D eigenvalue weighted by Crippen LogP contribution is -2.32. The lowest BCUT2D eigenvalue weighted by Gasteiger charge is -2.25. The Morgan fingerprint density at radius 2 is 1.96 bits per heavy atom. The summed E-state index contributed by atoms with van der Waals surface area (Å²) in [6, 6.07) is 9.52. The van der Waals surface area contributed by atoms with E-state index in [0.29, 0.717) is 26.1 Å². The maximum absolute atomic E-state index is 12.3. The molecule has 3 rings (SSSR count). The minimum absolute atomic E-state index is 0.0139. The Balaban J connectivity index is 1.67. The van der Waals surface area contributed by atoms with E-state index < -0.39 is 0 Å². The van der Waals surface area contributed by atoms with Crippen LogP contribution in [0.3, 0.4) is 0 Å². The van der Waals surface area contributed by atoms with Gasteiger partial charge in [-0.1, -0.05) is 19.9 Å². The Kier molecular flexibility index (Phi) is 5.08. The van der Waals surface area contributed by atoms with Gasteiger partial charge in [-0.2, -0.15) is 0 Å². The molecule has 2 heterocycles. The van der Waals surface area contributed by atoms with Gasteiger partial charge in [0.2, 0.25) is 5.91 Å². The summed E-state index contributed by atoms with van der Waals surface area (Å²) in [7, 11) is 0. The van der Waals surface area contributed by atoms with Gasteiger partial charge >= 0.3 is 0 Å². The lowest BCUT2D eigenvalue weighted by molar-refractivity contribution is -0.122. The molecule has 0 unspecified atom stereocenters. The number of carbonyl (C=O) groups excluding carboxylic acids is 1. The van der Waals surface area contributed by atoms with Crippen molar-refractivity contribution in [2.75, 3.05) is 13.2 Å². The number of benzene rings is 1. The number of fused-ring (bicyclic) bond motifs is 1. The average molecular weight is 329 g/mol. The van der Waals surface area contributed by atoms with Gasteiger partial charge < -0.3 is 19.2 Å². The van der Waals surface area contributed by atoms with Crippen LogP contribution in [0.25, 0.3) is 0 Å². The van der Waals surface area contributed by atoms with Crippen molar-refractivity contribution in [3.8, 4) is 11.5 Å². The number of aryl methyl sites for hydroxylation is 1. The van der Waals surface area contributed by atoms with Crippen LogP contribution >= 0.6 is 0 Å². The molecule has 5 heteroatoms. The van der Waals surface area contributed by atoms with Crippen LogP contribution in [0.5, 0.6) is 11.5 Å². The molecule has 1 amide bonds. The molecule has 5 nitrogen and oxygen atoms in total. The molecule has 0 spiro atoms. The van der Waals surface area contributed by atoms with Crippen LogP contribution in [-0.2, 0) is 11.2 Å². The van der Waals surface area contributed by atoms with E-state index in [1.165, 1.54) is 0 Å². The van der Waals surface area contributed by atoms with Crippen molar-refractivity contribution in [2.24, 2.45) is 5.92 Å². The maximum Gasteiger partial charge on any atom is 0.220 e. The van der Waals surface area contributed by atoms with Crippen molar-refractivity contribution >= 4 is 5.91 Å². The SMILES string of the molecule is CC(C)[C@H](NC(=O)CCc1ccco1)c1ccc2c(c1)OCCO2. The van der Waals surface area contributed by atoms with Gasteiger partial charge in [0.15, 0.2) is 11.5 Å². The van der Waals surface area contributed by atoms with Crippen LogP contribution in [0.4, 0.5) is 0 Å². The van der Waals surface area contributed by atoms with E-state index in [-0.39, 0.29) is 17.9 Å². The summed E-state index contributed by atoms with van der Waals surface area (Å²) < 4.78 is 16.5. The normalized spacial score (nSPS) is 14.5. The van der Waals surface area contributed by atoms with E-state index in [4.69, 9.17) is 13.9 Å². The van der Waals surface area contributed by atoms with Crippen molar-refractivity contribution < 1.29 is 18.7 Å². The van der Waals surface area contributed by atoms with Crippen molar-refractivity contribution in [1.82, 2.24) is 5.32 Å². The zero-order chi connectivity index (χ0) is 16.9. The molecule has 128 valence electrons. The fourth-order valence-corrected chi connectivity index (χ4v) is 2.83. The number of furan rings is 1. The number of nitrogens with one attached hydrogen (secondary N) is 1. The molecule has 2 aromatic rings. The van der Waals surface area contributed by atoms with Gasteiger partial charge in [0.1, 0.15) is 19.0 Å². The second-order valence-corrected chi connectivity index (χ2v) is 6.27. The highest BCUT2D eigenvalue weighted by atomic mass is 16.6. The first-order valence-corrected chi connectivity index (χ1v) is 8.35. The number of amides is 1. The molecule has 1 aliphatic rings. The van der Waals surface area contributed by atoms with Crippen LogP contribution in [0.1, 0.15) is 37.6 Å². The number of hydrogen-bond acceptors (Lipinski definition) is 4. The Morgan fingerprint density at radius 1 is 1.17 bits per heavy atom. The molecule has 0 aliphatic carbocycles. The first-order valence-electron chi connectivity index (χ1n) is 8.35. The monoisotopic (exact) mass is 329 g/mol. The van der Waals surface area contributed by atoms with Gasteiger partial charge in [-0.15, -0.1) is 0 Å².